The maximum atomic E-state index is 10.3. The summed E-state index contributed by atoms with van der Waals surface area (Å²) < 4.78 is 18.4. The molecule has 0 bridgehead atoms. The lowest BCUT2D eigenvalue weighted by Crippen LogP contribution is -2.36. The molecule has 0 aliphatic heterocycles. The number of halogens is 3. The molecule has 0 aromatic heterocycles. The van der Waals surface area contributed by atoms with Gasteiger partial charge in [0.1, 0.15) is 0 Å². The summed E-state index contributed by atoms with van der Waals surface area (Å²) in [5, 5.41) is 0. The van der Waals surface area contributed by atoms with Crippen molar-refractivity contribution in [2.45, 2.75) is 51.1 Å². The summed E-state index contributed by atoms with van der Waals surface area (Å²) in [7, 11) is 0. The Hall–Kier alpha value is 0.550. The average molecular weight is 307 g/mol. The second kappa shape index (κ2) is 9.12. The van der Waals surface area contributed by atoms with E-state index in [0.717, 1.165) is 29.1 Å². The predicted molar refractivity (Wildman–Crippen MR) is 62.7 cm³/mol. The molecule has 82 valence electrons. The van der Waals surface area contributed by atoms with Crippen LogP contribution in [0.5, 0.6) is 0 Å². The highest BCUT2D eigenvalue weighted by Crippen LogP contribution is 2.02. The van der Waals surface area contributed by atoms with Crippen LogP contribution in [0, 0.1) is 0 Å². The maximum absolute atomic E-state index is 10.3. The SMILES string of the molecule is CCN(C(C)C)C(C)C.FC(F)I. The molecule has 0 amide bonds. The first-order valence-corrected chi connectivity index (χ1v) is 5.75. The molecule has 0 unspecified atom stereocenters. The summed E-state index contributed by atoms with van der Waals surface area (Å²) >= 11 is 1.01. The molecule has 0 fully saturated rings. The van der Waals surface area contributed by atoms with Gasteiger partial charge < -0.3 is 0 Å². The zero-order chi connectivity index (χ0) is 11.0. The normalized spacial score (nSPS) is 11.1. The van der Waals surface area contributed by atoms with E-state index in [1.807, 2.05) is 0 Å². The summed E-state index contributed by atoms with van der Waals surface area (Å²) in [6.45, 7) is 12.3. The Balaban J connectivity index is 0. The molecular weight excluding hydrogens is 287 g/mol. The molecule has 4 heteroatoms. The first-order valence-electron chi connectivity index (χ1n) is 4.50. The summed E-state index contributed by atoms with van der Waals surface area (Å²) in [6.07, 6.45) is 0. The standard InChI is InChI=1S/C8H19N.CHF2I/c1-6-9(7(2)3)8(4)5;2-1(3)4/h7-8H,6H2,1-5H3;1H. The van der Waals surface area contributed by atoms with Crippen molar-refractivity contribution in [1.29, 1.82) is 0 Å². The van der Waals surface area contributed by atoms with E-state index in [9.17, 15) is 8.78 Å². The van der Waals surface area contributed by atoms with Crippen molar-refractivity contribution in [1.82, 2.24) is 4.90 Å². The third-order valence-electron chi connectivity index (χ3n) is 1.69. The van der Waals surface area contributed by atoms with Crippen LogP contribution >= 0.6 is 22.6 Å². The summed E-state index contributed by atoms with van der Waals surface area (Å²) in [4.78, 5) is 2.46. The summed E-state index contributed by atoms with van der Waals surface area (Å²) in [5.41, 5.74) is 0. The fourth-order valence-electron chi connectivity index (χ4n) is 1.33. The zero-order valence-electron chi connectivity index (χ0n) is 9.02. The molecule has 0 atom stereocenters. The molecule has 13 heavy (non-hydrogen) atoms. The van der Waals surface area contributed by atoms with Gasteiger partial charge in [0.2, 0.25) is 0 Å². The van der Waals surface area contributed by atoms with Crippen LogP contribution in [0.25, 0.3) is 0 Å². The lowest BCUT2D eigenvalue weighted by atomic mass is 10.2. The number of hydrogen-bond acceptors (Lipinski definition) is 1. The topological polar surface area (TPSA) is 3.24 Å². The van der Waals surface area contributed by atoms with Gasteiger partial charge in [-0.05, 0) is 56.8 Å². The van der Waals surface area contributed by atoms with Crippen molar-refractivity contribution in [3.63, 3.8) is 0 Å². The van der Waals surface area contributed by atoms with Gasteiger partial charge in [-0.2, -0.15) is 8.78 Å². The largest absolute Gasteiger partial charge is 0.299 e. The fourth-order valence-corrected chi connectivity index (χ4v) is 1.33. The highest BCUT2D eigenvalue weighted by atomic mass is 127. The molecule has 1 nitrogen and oxygen atoms in total. The Morgan fingerprint density at radius 3 is 1.31 bits per heavy atom. The Morgan fingerprint density at radius 1 is 1.08 bits per heavy atom. The minimum absolute atomic E-state index is 0.690. The number of rotatable bonds is 3. The molecule has 0 aromatic rings. The number of alkyl halides is 3. The number of nitrogens with zero attached hydrogens (tertiary/aromatic N) is 1. The minimum atomic E-state index is -2.20. The molecular formula is C9H20F2IN. The molecule has 0 saturated heterocycles. The van der Waals surface area contributed by atoms with Crippen LogP contribution in [-0.2, 0) is 0 Å². The van der Waals surface area contributed by atoms with Gasteiger partial charge in [0.25, 0.3) is 4.43 Å². The van der Waals surface area contributed by atoms with E-state index in [4.69, 9.17) is 0 Å². The highest BCUT2D eigenvalue weighted by Gasteiger charge is 2.08. The second-order valence-corrected chi connectivity index (χ2v) is 4.21. The Bertz CT molecular complexity index is 97.0. The Morgan fingerprint density at radius 2 is 1.31 bits per heavy atom. The van der Waals surface area contributed by atoms with Crippen molar-refractivity contribution < 1.29 is 8.78 Å². The van der Waals surface area contributed by atoms with Gasteiger partial charge in [-0.25, -0.2) is 0 Å². The van der Waals surface area contributed by atoms with Gasteiger partial charge in [-0.15, -0.1) is 0 Å². The van der Waals surface area contributed by atoms with Crippen molar-refractivity contribution in [3.8, 4) is 0 Å². The molecule has 0 aliphatic rings. The van der Waals surface area contributed by atoms with E-state index in [1.165, 1.54) is 0 Å². The average Bonchev–Trinajstić information content (AvgIpc) is 1.84. The van der Waals surface area contributed by atoms with E-state index in [2.05, 4.69) is 39.5 Å². The Labute approximate surface area is 94.0 Å². The van der Waals surface area contributed by atoms with Gasteiger partial charge in [0.05, 0.1) is 0 Å². The fraction of sp³-hybridized carbons (Fsp3) is 1.00. The van der Waals surface area contributed by atoms with Crippen LogP contribution in [0.15, 0.2) is 0 Å². The van der Waals surface area contributed by atoms with E-state index in [-0.39, 0.29) is 0 Å². The first-order chi connectivity index (χ1) is 5.82. The van der Waals surface area contributed by atoms with Gasteiger partial charge >= 0.3 is 0 Å². The highest BCUT2D eigenvalue weighted by molar-refractivity contribution is 14.1. The van der Waals surface area contributed by atoms with Crippen LogP contribution in [-0.4, -0.2) is 28.0 Å². The van der Waals surface area contributed by atoms with E-state index >= 15 is 0 Å². The molecule has 0 saturated carbocycles. The van der Waals surface area contributed by atoms with Crippen molar-refractivity contribution in [3.05, 3.63) is 0 Å². The third kappa shape index (κ3) is 12.5. The van der Waals surface area contributed by atoms with Crippen molar-refractivity contribution in [2.75, 3.05) is 6.54 Å². The molecule has 0 aliphatic carbocycles. The monoisotopic (exact) mass is 307 g/mol. The lowest BCUT2D eigenvalue weighted by Gasteiger charge is -2.28. The molecule has 0 N–H and O–H groups in total. The molecule has 0 spiro atoms. The van der Waals surface area contributed by atoms with Gasteiger partial charge in [0.15, 0.2) is 0 Å². The van der Waals surface area contributed by atoms with Crippen LogP contribution in [0.4, 0.5) is 8.78 Å². The quantitative estimate of drug-likeness (QED) is 0.567. The van der Waals surface area contributed by atoms with Crippen LogP contribution in [0.2, 0.25) is 0 Å². The van der Waals surface area contributed by atoms with Crippen LogP contribution in [0.3, 0.4) is 0 Å². The first kappa shape index (κ1) is 16.0. The zero-order valence-corrected chi connectivity index (χ0v) is 11.2. The van der Waals surface area contributed by atoms with E-state index in [0.29, 0.717) is 12.1 Å². The van der Waals surface area contributed by atoms with Gasteiger partial charge in [0, 0.05) is 12.1 Å². The second-order valence-electron chi connectivity index (χ2n) is 3.27. The van der Waals surface area contributed by atoms with Gasteiger partial charge in [-0.1, -0.05) is 6.92 Å². The molecule has 0 rings (SSSR count). The molecule has 0 radical (unpaired) electrons. The van der Waals surface area contributed by atoms with Crippen molar-refractivity contribution in [2.24, 2.45) is 0 Å². The smallest absolute Gasteiger partial charge is 0.287 e. The summed E-state index contributed by atoms with van der Waals surface area (Å²) in [5.74, 6) is 0. The predicted octanol–water partition coefficient (Wildman–Crippen LogP) is 3.77. The van der Waals surface area contributed by atoms with Gasteiger partial charge in [-0.3, -0.25) is 4.90 Å². The Kier molecular flexibility index (Phi) is 11.2. The minimum Gasteiger partial charge on any atom is -0.299 e. The molecule has 0 aromatic carbocycles. The van der Waals surface area contributed by atoms with Crippen molar-refractivity contribution >= 4 is 22.6 Å². The van der Waals surface area contributed by atoms with Crippen LogP contribution < -0.4 is 0 Å². The lowest BCUT2D eigenvalue weighted by molar-refractivity contribution is 0.185. The number of hydrogen-bond donors (Lipinski definition) is 0. The summed E-state index contributed by atoms with van der Waals surface area (Å²) in [6, 6.07) is 1.38. The third-order valence-corrected chi connectivity index (χ3v) is 1.69. The van der Waals surface area contributed by atoms with Crippen LogP contribution in [0.1, 0.15) is 34.6 Å². The van der Waals surface area contributed by atoms with E-state index < -0.39 is 4.43 Å². The molecule has 0 heterocycles. The maximum Gasteiger partial charge on any atom is 0.287 e. The van der Waals surface area contributed by atoms with E-state index in [1.54, 1.807) is 0 Å².